The zero-order chi connectivity index (χ0) is 11.4. The van der Waals surface area contributed by atoms with Crippen LogP contribution in [0.2, 0.25) is 0 Å². The molecule has 0 atom stereocenters. The maximum absolute atomic E-state index is 13.3. The van der Waals surface area contributed by atoms with Gasteiger partial charge in [0, 0.05) is 30.7 Å². The van der Waals surface area contributed by atoms with Gasteiger partial charge in [0.2, 0.25) is 0 Å². The first kappa shape index (κ1) is 12.0. The van der Waals surface area contributed by atoms with Gasteiger partial charge in [-0.2, -0.15) is 0 Å². The molecule has 0 fully saturated rings. The highest BCUT2D eigenvalue weighted by Gasteiger charge is 2.10. The Kier molecular flexibility index (Phi) is 4.08. The van der Waals surface area contributed by atoms with E-state index in [1.165, 1.54) is 18.0 Å². The summed E-state index contributed by atoms with van der Waals surface area (Å²) in [6.07, 6.45) is 0. The maximum Gasteiger partial charge on any atom is 0.317 e. The Labute approximate surface area is 96.4 Å². The van der Waals surface area contributed by atoms with Gasteiger partial charge in [-0.25, -0.2) is 9.18 Å². The molecule has 1 aromatic carbocycles. The second-order valence-corrected chi connectivity index (χ2v) is 4.06. The Hall–Kier alpha value is -1.10. The smallest absolute Gasteiger partial charge is 0.317 e. The van der Waals surface area contributed by atoms with Gasteiger partial charge in [-0.3, -0.25) is 0 Å². The van der Waals surface area contributed by atoms with Crippen molar-refractivity contribution in [2.45, 2.75) is 6.54 Å². The first-order chi connectivity index (χ1) is 7.04. The summed E-state index contributed by atoms with van der Waals surface area (Å²) in [5.41, 5.74) is 0.482. The predicted octanol–water partition coefficient (Wildman–Crippen LogP) is 2.36. The van der Waals surface area contributed by atoms with Crippen molar-refractivity contribution in [1.82, 2.24) is 10.2 Å². The summed E-state index contributed by atoms with van der Waals surface area (Å²) in [6, 6.07) is 4.42. The van der Waals surface area contributed by atoms with Gasteiger partial charge in [0.15, 0.2) is 0 Å². The number of halogens is 2. The van der Waals surface area contributed by atoms with Crippen molar-refractivity contribution in [2.24, 2.45) is 0 Å². The van der Waals surface area contributed by atoms with Crippen molar-refractivity contribution in [3.8, 4) is 0 Å². The van der Waals surface area contributed by atoms with E-state index in [2.05, 4.69) is 21.2 Å². The van der Waals surface area contributed by atoms with Crippen LogP contribution in [0.5, 0.6) is 0 Å². The molecule has 3 nitrogen and oxygen atoms in total. The second kappa shape index (κ2) is 5.11. The molecule has 0 radical (unpaired) electrons. The van der Waals surface area contributed by atoms with Crippen LogP contribution in [0.25, 0.3) is 0 Å². The van der Waals surface area contributed by atoms with E-state index in [1.54, 1.807) is 19.2 Å². The molecule has 2 amide bonds. The van der Waals surface area contributed by atoms with Crippen LogP contribution in [0, 0.1) is 5.82 Å². The highest BCUT2D eigenvalue weighted by Crippen LogP contribution is 2.16. The van der Waals surface area contributed by atoms with E-state index >= 15 is 0 Å². The standard InChI is InChI=1S/C10H12BrFN2O/c1-13-10(15)14(2)6-7-5-8(11)3-4-9(7)12/h3-5H,6H2,1-2H3,(H,13,15). The Morgan fingerprint density at radius 3 is 2.87 bits per heavy atom. The molecule has 0 aromatic heterocycles. The molecule has 0 unspecified atom stereocenters. The zero-order valence-electron chi connectivity index (χ0n) is 8.55. The number of amides is 2. The number of benzene rings is 1. The van der Waals surface area contributed by atoms with Crippen molar-refractivity contribution in [2.75, 3.05) is 14.1 Å². The minimum absolute atomic E-state index is 0.241. The van der Waals surface area contributed by atoms with Crippen LogP contribution in [0.3, 0.4) is 0 Å². The Morgan fingerprint density at radius 2 is 2.27 bits per heavy atom. The molecular weight excluding hydrogens is 263 g/mol. The van der Waals surface area contributed by atoms with Crippen LogP contribution in [-0.2, 0) is 6.54 Å². The topological polar surface area (TPSA) is 32.3 Å². The van der Waals surface area contributed by atoms with Crippen LogP contribution in [-0.4, -0.2) is 25.0 Å². The first-order valence-electron chi connectivity index (χ1n) is 4.41. The van der Waals surface area contributed by atoms with E-state index in [-0.39, 0.29) is 18.4 Å². The van der Waals surface area contributed by atoms with Gasteiger partial charge in [0.25, 0.3) is 0 Å². The third-order valence-electron chi connectivity index (χ3n) is 1.98. The van der Waals surface area contributed by atoms with E-state index in [9.17, 15) is 9.18 Å². The van der Waals surface area contributed by atoms with E-state index in [0.29, 0.717) is 5.56 Å². The molecule has 1 rings (SSSR count). The highest BCUT2D eigenvalue weighted by molar-refractivity contribution is 9.10. The van der Waals surface area contributed by atoms with Crippen molar-refractivity contribution in [3.63, 3.8) is 0 Å². The maximum atomic E-state index is 13.3. The minimum atomic E-state index is -0.311. The van der Waals surface area contributed by atoms with E-state index in [4.69, 9.17) is 0 Å². The van der Waals surface area contributed by atoms with E-state index in [0.717, 1.165) is 4.47 Å². The molecule has 0 saturated heterocycles. The lowest BCUT2D eigenvalue weighted by molar-refractivity contribution is 0.208. The fourth-order valence-corrected chi connectivity index (χ4v) is 1.59. The number of hydrogen-bond acceptors (Lipinski definition) is 1. The normalized spacial score (nSPS) is 9.87. The lowest BCUT2D eigenvalue weighted by Gasteiger charge is -2.16. The van der Waals surface area contributed by atoms with Crippen molar-refractivity contribution < 1.29 is 9.18 Å². The summed E-state index contributed by atoms with van der Waals surface area (Å²) >= 11 is 3.25. The molecule has 0 aliphatic rings. The quantitative estimate of drug-likeness (QED) is 0.882. The fourth-order valence-electron chi connectivity index (χ4n) is 1.18. The van der Waals surface area contributed by atoms with Gasteiger partial charge in [-0.15, -0.1) is 0 Å². The number of urea groups is 1. The first-order valence-corrected chi connectivity index (χ1v) is 5.20. The van der Waals surface area contributed by atoms with Crippen molar-refractivity contribution in [1.29, 1.82) is 0 Å². The molecule has 0 bridgehead atoms. The van der Waals surface area contributed by atoms with Crippen LogP contribution in [0.15, 0.2) is 22.7 Å². The summed E-state index contributed by atoms with van der Waals surface area (Å²) < 4.78 is 14.1. The third kappa shape index (κ3) is 3.20. The number of carbonyl (C=O) groups is 1. The summed E-state index contributed by atoms with van der Waals surface area (Å²) in [5.74, 6) is -0.311. The number of nitrogens with one attached hydrogen (secondary N) is 1. The summed E-state index contributed by atoms with van der Waals surface area (Å²) in [6.45, 7) is 0.241. The Bertz CT molecular complexity index is 370. The molecule has 82 valence electrons. The lowest BCUT2D eigenvalue weighted by atomic mass is 10.2. The largest absolute Gasteiger partial charge is 0.341 e. The van der Waals surface area contributed by atoms with Crippen LogP contribution < -0.4 is 5.32 Å². The van der Waals surface area contributed by atoms with Crippen LogP contribution >= 0.6 is 15.9 Å². The van der Waals surface area contributed by atoms with Crippen LogP contribution in [0.4, 0.5) is 9.18 Å². The zero-order valence-corrected chi connectivity index (χ0v) is 10.1. The van der Waals surface area contributed by atoms with Gasteiger partial charge in [-0.1, -0.05) is 15.9 Å². The number of rotatable bonds is 2. The highest BCUT2D eigenvalue weighted by atomic mass is 79.9. The number of carbonyl (C=O) groups excluding carboxylic acids is 1. The Morgan fingerprint density at radius 1 is 1.60 bits per heavy atom. The van der Waals surface area contributed by atoms with E-state index < -0.39 is 0 Å². The minimum Gasteiger partial charge on any atom is -0.341 e. The van der Waals surface area contributed by atoms with Gasteiger partial charge in [-0.05, 0) is 18.2 Å². The lowest BCUT2D eigenvalue weighted by Crippen LogP contribution is -2.34. The van der Waals surface area contributed by atoms with Gasteiger partial charge in [0.1, 0.15) is 5.82 Å². The van der Waals surface area contributed by atoms with Crippen molar-refractivity contribution >= 4 is 22.0 Å². The SMILES string of the molecule is CNC(=O)N(C)Cc1cc(Br)ccc1F. The molecule has 15 heavy (non-hydrogen) atoms. The van der Waals surface area contributed by atoms with Gasteiger partial charge < -0.3 is 10.2 Å². The molecule has 1 N–H and O–H groups in total. The van der Waals surface area contributed by atoms with Crippen molar-refractivity contribution in [3.05, 3.63) is 34.1 Å². The van der Waals surface area contributed by atoms with Crippen LogP contribution in [0.1, 0.15) is 5.56 Å². The number of hydrogen-bond donors (Lipinski definition) is 1. The molecule has 0 heterocycles. The molecule has 0 saturated carbocycles. The molecular formula is C10H12BrFN2O. The molecule has 0 aliphatic heterocycles. The number of nitrogens with zero attached hydrogens (tertiary/aromatic N) is 1. The monoisotopic (exact) mass is 274 g/mol. The molecule has 5 heteroatoms. The molecule has 0 aliphatic carbocycles. The molecule has 1 aromatic rings. The van der Waals surface area contributed by atoms with E-state index in [1.807, 2.05) is 0 Å². The molecule has 0 spiro atoms. The summed E-state index contributed by atoms with van der Waals surface area (Å²) in [7, 11) is 3.15. The van der Waals surface area contributed by atoms with Gasteiger partial charge in [0.05, 0.1) is 0 Å². The van der Waals surface area contributed by atoms with Gasteiger partial charge >= 0.3 is 6.03 Å². The Balaban J connectivity index is 2.80. The average molecular weight is 275 g/mol. The average Bonchev–Trinajstić information content (AvgIpc) is 2.22. The fraction of sp³-hybridized carbons (Fsp3) is 0.300. The third-order valence-corrected chi connectivity index (χ3v) is 2.47. The summed E-state index contributed by atoms with van der Waals surface area (Å²) in [4.78, 5) is 12.6. The second-order valence-electron chi connectivity index (χ2n) is 3.15. The summed E-state index contributed by atoms with van der Waals surface area (Å²) in [5, 5.41) is 2.47. The predicted molar refractivity (Wildman–Crippen MR) is 60.0 cm³/mol.